The summed E-state index contributed by atoms with van der Waals surface area (Å²) in [5.74, 6) is 0.0414. The Kier molecular flexibility index (Phi) is 5.35. The van der Waals surface area contributed by atoms with E-state index >= 15 is 0 Å². The van der Waals surface area contributed by atoms with E-state index in [1.54, 1.807) is 12.3 Å². The van der Waals surface area contributed by atoms with Gasteiger partial charge in [-0.25, -0.2) is 0 Å². The second-order valence-corrected chi connectivity index (χ2v) is 6.88. The van der Waals surface area contributed by atoms with Crippen LogP contribution in [-0.4, -0.2) is 47.8 Å². The minimum Gasteiger partial charge on any atom is -0.394 e. The standard InChI is InChI=1S/C19H23N5O2/c1-12-7-14(23-19(26)16(21)11-25)10-24(9-12)17-5-4-13(8-20)18-15(17)3-2-6-22-18/h2-6,12,14,16,25H,7,9-11,21H2,1H3,(H,23,26)/t12-,14?,16?/m0/s1. The Hall–Kier alpha value is -2.69. The second-order valence-electron chi connectivity index (χ2n) is 6.88. The molecule has 1 fully saturated rings. The highest BCUT2D eigenvalue weighted by molar-refractivity contribution is 5.95. The second kappa shape index (κ2) is 7.68. The Labute approximate surface area is 152 Å². The molecule has 0 bridgehead atoms. The number of piperidine rings is 1. The number of nitrogens with zero attached hydrogens (tertiary/aromatic N) is 3. The fourth-order valence-corrected chi connectivity index (χ4v) is 3.57. The lowest BCUT2D eigenvalue weighted by Crippen LogP contribution is -2.54. The number of aliphatic hydroxyl groups excluding tert-OH is 1. The Morgan fingerprint density at radius 1 is 1.50 bits per heavy atom. The van der Waals surface area contributed by atoms with E-state index in [2.05, 4.69) is 28.2 Å². The van der Waals surface area contributed by atoms with Crippen LogP contribution in [0.1, 0.15) is 18.9 Å². The molecule has 1 saturated heterocycles. The maximum Gasteiger partial charge on any atom is 0.239 e. The Balaban J connectivity index is 1.88. The van der Waals surface area contributed by atoms with Crippen LogP contribution in [0.25, 0.3) is 10.9 Å². The van der Waals surface area contributed by atoms with Crippen LogP contribution >= 0.6 is 0 Å². The number of aromatic nitrogens is 1. The molecule has 7 nitrogen and oxygen atoms in total. The zero-order valence-corrected chi connectivity index (χ0v) is 14.7. The average Bonchev–Trinajstić information content (AvgIpc) is 2.65. The monoisotopic (exact) mass is 353 g/mol. The molecule has 3 atom stereocenters. The topological polar surface area (TPSA) is 115 Å². The largest absolute Gasteiger partial charge is 0.394 e. The van der Waals surface area contributed by atoms with Crippen LogP contribution in [0.15, 0.2) is 30.5 Å². The number of rotatable bonds is 4. The summed E-state index contributed by atoms with van der Waals surface area (Å²) in [5, 5.41) is 22.2. The van der Waals surface area contributed by atoms with Gasteiger partial charge in [0.2, 0.25) is 5.91 Å². The third kappa shape index (κ3) is 3.62. The first-order chi connectivity index (χ1) is 12.5. The third-order valence-corrected chi connectivity index (χ3v) is 4.75. The number of carbonyl (C=O) groups is 1. The van der Waals surface area contributed by atoms with Gasteiger partial charge in [0.25, 0.3) is 0 Å². The number of carbonyl (C=O) groups excluding carboxylic acids is 1. The lowest BCUT2D eigenvalue weighted by molar-refractivity contribution is -0.124. The predicted molar refractivity (Wildman–Crippen MR) is 99.4 cm³/mol. The fourth-order valence-electron chi connectivity index (χ4n) is 3.57. The SMILES string of the molecule is C[C@H]1CC(NC(=O)C(N)CO)CN(c2ccc(C#N)c3ncccc23)C1. The molecule has 1 aromatic heterocycles. The van der Waals surface area contributed by atoms with Crippen LogP contribution in [0.4, 0.5) is 5.69 Å². The van der Waals surface area contributed by atoms with Crippen LogP contribution in [0.3, 0.4) is 0 Å². The minimum atomic E-state index is -0.902. The molecule has 1 amide bonds. The highest BCUT2D eigenvalue weighted by Gasteiger charge is 2.28. The normalized spacial score (nSPS) is 21.2. The summed E-state index contributed by atoms with van der Waals surface area (Å²) in [6.07, 6.45) is 2.54. The van der Waals surface area contributed by atoms with Gasteiger partial charge in [-0.15, -0.1) is 0 Å². The van der Waals surface area contributed by atoms with Gasteiger partial charge in [0.15, 0.2) is 0 Å². The Morgan fingerprint density at radius 2 is 2.31 bits per heavy atom. The van der Waals surface area contributed by atoms with Gasteiger partial charge in [0.05, 0.1) is 17.7 Å². The molecule has 3 rings (SSSR count). The summed E-state index contributed by atoms with van der Waals surface area (Å²) in [6, 6.07) is 8.80. The number of aliphatic hydroxyl groups is 1. The molecular formula is C19H23N5O2. The number of anilines is 1. The molecule has 136 valence electrons. The van der Waals surface area contributed by atoms with Crippen molar-refractivity contribution < 1.29 is 9.90 Å². The Bertz CT molecular complexity index is 847. The van der Waals surface area contributed by atoms with E-state index in [9.17, 15) is 10.1 Å². The lowest BCUT2D eigenvalue weighted by Gasteiger charge is -2.39. The predicted octanol–water partition coefficient (Wildman–Crippen LogP) is 0.757. The van der Waals surface area contributed by atoms with Crippen LogP contribution in [-0.2, 0) is 4.79 Å². The number of fused-ring (bicyclic) bond motifs is 1. The summed E-state index contributed by atoms with van der Waals surface area (Å²) in [5.41, 5.74) is 7.85. The molecule has 0 radical (unpaired) electrons. The molecule has 26 heavy (non-hydrogen) atoms. The molecule has 2 heterocycles. The van der Waals surface area contributed by atoms with E-state index in [1.807, 2.05) is 18.2 Å². The van der Waals surface area contributed by atoms with E-state index in [-0.39, 0.29) is 18.6 Å². The maximum absolute atomic E-state index is 12.0. The molecule has 1 aromatic carbocycles. The van der Waals surface area contributed by atoms with E-state index in [0.717, 1.165) is 24.0 Å². The summed E-state index contributed by atoms with van der Waals surface area (Å²) in [7, 11) is 0. The van der Waals surface area contributed by atoms with E-state index in [1.165, 1.54) is 0 Å². The van der Waals surface area contributed by atoms with Crippen molar-refractivity contribution >= 4 is 22.5 Å². The maximum atomic E-state index is 12.0. The highest BCUT2D eigenvalue weighted by atomic mass is 16.3. The molecule has 0 aliphatic carbocycles. The van der Waals surface area contributed by atoms with Gasteiger partial charge in [-0.1, -0.05) is 6.92 Å². The first kappa shape index (κ1) is 18.1. The van der Waals surface area contributed by atoms with Gasteiger partial charge < -0.3 is 21.1 Å². The van der Waals surface area contributed by atoms with Crippen LogP contribution in [0.2, 0.25) is 0 Å². The first-order valence-electron chi connectivity index (χ1n) is 8.73. The number of hydrogen-bond donors (Lipinski definition) is 3. The molecular weight excluding hydrogens is 330 g/mol. The number of nitrogens with two attached hydrogens (primary N) is 1. The lowest BCUT2D eigenvalue weighted by atomic mass is 9.94. The zero-order chi connectivity index (χ0) is 18.7. The van der Waals surface area contributed by atoms with Gasteiger partial charge in [0, 0.05) is 36.4 Å². The zero-order valence-electron chi connectivity index (χ0n) is 14.7. The van der Waals surface area contributed by atoms with Crippen molar-refractivity contribution in [3.05, 3.63) is 36.0 Å². The van der Waals surface area contributed by atoms with Crippen molar-refractivity contribution in [2.45, 2.75) is 25.4 Å². The minimum absolute atomic E-state index is 0.0498. The summed E-state index contributed by atoms with van der Waals surface area (Å²) in [6.45, 7) is 3.27. The van der Waals surface area contributed by atoms with Crippen LogP contribution in [0.5, 0.6) is 0 Å². The van der Waals surface area contributed by atoms with E-state index in [4.69, 9.17) is 10.8 Å². The molecule has 0 spiro atoms. The smallest absolute Gasteiger partial charge is 0.239 e. The number of nitriles is 1. The highest BCUT2D eigenvalue weighted by Crippen LogP contribution is 2.31. The van der Waals surface area contributed by atoms with Crippen molar-refractivity contribution in [2.24, 2.45) is 11.7 Å². The van der Waals surface area contributed by atoms with Gasteiger partial charge in [-0.2, -0.15) is 5.26 Å². The van der Waals surface area contributed by atoms with Gasteiger partial charge >= 0.3 is 0 Å². The fraction of sp³-hybridized carbons (Fsp3) is 0.421. The van der Waals surface area contributed by atoms with Gasteiger partial charge in [-0.3, -0.25) is 9.78 Å². The Morgan fingerprint density at radius 3 is 3.04 bits per heavy atom. The number of hydrogen-bond acceptors (Lipinski definition) is 6. The van der Waals surface area contributed by atoms with Crippen molar-refractivity contribution in [2.75, 3.05) is 24.6 Å². The summed E-state index contributed by atoms with van der Waals surface area (Å²) < 4.78 is 0. The molecule has 1 aliphatic heterocycles. The van der Waals surface area contributed by atoms with Crippen molar-refractivity contribution in [1.82, 2.24) is 10.3 Å². The molecule has 2 unspecified atom stereocenters. The first-order valence-corrected chi connectivity index (χ1v) is 8.73. The molecule has 0 saturated carbocycles. The number of pyridine rings is 1. The van der Waals surface area contributed by atoms with E-state index < -0.39 is 6.04 Å². The summed E-state index contributed by atoms with van der Waals surface area (Å²) in [4.78, 5) is 18.6. The quantitative estimate of drug-likeness (QED) is 0.747. The molecule has 1 aliphatic rings. The molecule has 4 N–H and O–H groups in total. The molecule has 7 heteroatoms. The number of amides is 1. The average molecular weight is 353 g/mol. The van der Waals surface area contributed by atoms with Crippen molar-refractivity contribution in [1.29, 1.82) is 5.26 Å². The van der Waals surface area contributed by atoms with Gasteiger partial charge in [-0.05, 0) is 36.6 Å². The third-order valence-electron chi connectivity index (χ3n) is 4.75. The van der Waals surface area contributed by atoms with E-state index in [0.29, 0.717) is 23.5 Å². The van der Waals surface area contributed by atoms with Gasteiger partial charge in [0.1, 0.15) is 12.1 Å². The van der Waals surface area contributed by atoms with Crippen LogP contribution < -0.4 is 16.0 Å². The summed E-state index contributed by atoms with van der Waals surface area (Å²) >= 11 is 0. The molecule has 2 aromatic rings. The number of nitrogens with one attached hydrogen (secondary N) is 1. The van der Waals surface area contributed by atoms with Crippen molar-refractivity contribution in [3.8, 4) is 6.07 Å². The van der Waals surface area contributed by atoms with Crippen LogP contribution in [0, 0.1) is 17.2 Å². The van der Waals surface area contributed by atoms with Crippen molar-refractivity contribution in [3.63, 3.8) is 0 Å². The number of benzene rings is 1.